The topological polar surface area (TPSA) is 26.0 Å². The van der Waals surface area contributed by atoms with Crippen LogP contribution in [0, 0.1) is 6.92 Å². The molecule has 17 heavy (non-hydrogen) atoms. The lowest BCUT2D eigenvalue weighted by molar-refractivity contribution is 0.736. The van der Waals surface area contributed by atoms with Gasteiger partial charge in [-0.15, -0.1) is 11.3 Å². The van der Waals surface area contributed by atoms with Crippen LogP contribution in [0.4, 0.5) is 0 Å². The summed E-state index contributed by atoms with van der Waals surface area (Å²) in [5.74, 6) is 0. The summed E-state index contributed by atoms with van der Waals surface area (Å²) in [5, 5.41) is 0.748. The van der Waals surface area contributed by atoms with Crippen LogP contribution in [0.5, 0.6) is 0 Å². The van der Waals surface area contributed by atoms with Crippen molar-refractivity contribution in [2.24, 2.45) is 5.73 Å². The Labute approximate surface area is 115 Å². The highest BCUT2D eigenvalue weighted by Crippen LogP contribution is 2.31. The van der Waals surface area contributed by atoms with Crippen LogP contribution in [0.2, 0.25) is 9.36 Å². The van der Waals surface area contributed by atoms with Gasteiger partial charge in [0.1, 0.15) is 0 Å². The van der Waals surface area contributed by atoms with Crippen LogP contribution in [0.3, 0.4) is 0 Å². The predicted octanol–water partition coefficient (Wildman–Crippen LogP) is 4.61. The van der Waals surface area contributed by atoms with Crippen molar-refractivity contribution in [2.75, 3.05) is 0 Å². The summed E-state index contributed by atoms with van der Waals surface area (Å²) in [6.45, 7) is 2.00. The molecule has 0 aliphatic rings. The molecule has 2 aromatic rings. The molecule has 1 aromatic heterocycles. The quantitative estimate of drug-likeness (QED) is 0.876. The van der Waals surface area contributed by atoms with E-state index in [1.807, 2.05) is 31.2 Å². The first kappa shape index (κ1) is 12.9. The van der Waals surface area contributed by atoms with Crippen molar-refractivity contribution in [1.82, 2.24) is 0 Å². The van der Waals surface area contributed by atoms with Crippen LogP contribution in [-0.2, 0) is 6.42 Å². The monoisotopic (exact) mass is 285 g/mol. The maximum Gasteiger partial charge on any atom is 0.0960 e. The number of halogens is 2. The van der Waals surface area contributed by atoms with E-state index >= 15 is 0 Å². The molecule has 2 N–H and O–H groups in total. The zero-order valence-electron chi connectivity index (χ0n) is 9.41. The summed E-state index contributed by atoms with van der Waals surface area (Å²) in [6.07, 6.45) is 0.799. The van der Waals surface area contributed by atoms with Crippen LogP contribution in [0.25, 0.3) is 0 Å². The lowest BCUT2D eigenvalue weighted by Gasteiger charge is -2.09. The van der Waals surface area contributed by atoms with Crippen molar-refractivity contribution < 1.29 is 0 Å². The molecule has 0 bridgehead atoms. The highest BCUT2D eigenvalue weighted by atomic mass is 35.5. The van der Waals surface area contributed by atoms with Gasteiger partial charge >= 0.3 is 0 Å². The molecule has 1 atom stereocenters. The fourth-order valence-electron chi connectivity index (χ4n) is 1.64. The SMILES string of the molecule is Cc1cc(C(N)Cc2ccc(Cl)cc2)sc1Cl. The van der Waals surface area contributed by atoms with Gasteiger partial charge in [0.2, 0.25) is 0 Å². The predicted molar refractivity (Wildman–Crippen MR) is 76.2 cm³/mol. The Morgan fingerprint density at radius 1 is 1.24 bits per heavy atom. The lowest BCUT2D eigenvalue weighted by atomic mass is 10.1. The third-order valence-corrected chi connectivity index (χ3v) is 4.55. The summed E-state index contributed by atoms with van der Waals surface area (Å²) < 4.78 is 0.826. The summed E-state index contributed by atoms with van der Waals surface area (Å²) in [4.78, 5) is 1.13. The van der Waals surface area contributed by atoms with Crippen LogP contribution >= 0.6 is 34.5 Å². The Hall–Kier alpha value is -0.540. The molecule has 0 aliphatic heterocycles. The fraction of sp³-hybridized carbons (Fsp3) is 0.231. The smallest absolute Gasteiger partial charge is 0.0960 e. The first-order valence-corrected chi connectivity index (χ1v) is 6.89. The first-order chi connectivity index (χ1) is 8.06. The number of hydrogen-bond donors (Lipinski definition) is 1. The second kappa shape index (κ2) is 5.40. The van der Waals surface area contributed by atoms with E-state index in [1.54, 1.807) is 11.3 Å². The third kappa shape index (κ3) is 3.23. The van der Waals surface area contributed by atoms with Crippen LogP contribution in [-0.4, -0.2) is 0 Å². The van der Waals surface area contributed by atoms with Gasteiger partial charge in [0.15, 0.2) is 0 Å². The van der Waals surface area contributed by atoms with E-state index in [0.717, 1.165) is 26.2 Å². The molecule has 2 rings (SSSR count). The zero-order chi connectivity index (χ0) is 12.4. The molecule has 1 heterocycles. The van der Waals surface area contributed by atoms with Gasteiger partial charge in [-0.25, -0.2) is 0 Å². The highest BCUT2D eigenvalue weighted by molar-refractivity contribution is 7.16. The normalized spacial score (nSPS) is 12.7. The molecule has 0 aliphatic carbocycles. The zero-order valence-corrected chi connectivity index (χ0v) is 11.7. The molecule has 4 heteroatoms. The van der Waals surface area contributed by atoms with E-state index in [2.05, 4.69) is 6.07 Å². The second-order valence-electron chi connectivity index (χ2n) is 4.04. The molecule has 1 nitrogen and oxygen atoms in total. The van der Waals surface area contributed by atoms with Crippen molar-refractivity contribution in [1.29, 1.82) is 0 Å². The summed E-state index contributed by atoms with van der Waals surface area (Å²) in [7, 11) is 0. The lowest BCUT2D eigenvalue weighted by Crippen LogP contribution is -2.11. The van der Waals surface area contributed by atoms with Crippen LogP contribution in [0.15, 0.2) is 30.3 Å². The Balaban J connectivity index is 2.11. The molecule has 90 valence electrons. The van der Waals surface area contributed by atoms with Gasteiger partial charge in [-0.3, -0.25) is 0 Å². The number of rotatable bonds is 3. The largest absolute Gasteiger partial charge is 0.323 e. The number of benzene rings is 1. The van der Waals surface area contributed by atoms with E-state index in [-0.39, 0.29) is 6.04 Å². The minimum Gasteiger partial charge on any atom is -0.323 e. The molecule has 0 saturated carbocycles. The van der Waals surface area contributed by atoms with Gasteiger partial charge in [-0.1, -0.05) is 35.3 Å². The molecule has 0 saturated heterocycles. The molecule has 1 unspecified atom stereocenters. The van der Waals surface area contributed by atoms with Crippen LogP contribution < -0.4 is 5.73 Å². The number of thiophene rings is 1. The van der Waals surface area contributed by atoms with Gasteiger partial charge in [0.05, 0.1) is 4.34 Å². The molecule has 0 radical (unpaired) electrons. The van der Waals surface area contributed by atoms with Crippen molar-refractivity contribution in [2.45, 2.75) is 19.4 Å². The van der Waals surface area contributed by atoms with Crippen molar-refractivity contribution >= 4 is 34.5 Å². The second-order valence-corrected chi connectivity index (χ2v) is 6.16. The van der Waals surface area contributed by atoms with Gasteiger partial charge in [0, 0.05) is 15.9 Å². The highest BCUT2D eigenvalue weighted by Gasteiger charge is 2.11. The number of aryl methyl sites for hydroxylation is 1. The van der Waals surface area contributed by atoms with E-state index in [9.17, 15) is 0 Å². The van der Waals surface area contributed by atoms with Gasteiger partial charge < -0.3 is 5.73 Å². The fourth-order valence-corrected chi connectivity index (χ4v) is 2.99. The van der Waals surface area contributed by atoms with Crippen molar-refractivity contribution in [3.63, 3.8) is 0 Å². The molecule has 0 amide bonds. The minimum absolute atomic E-state index is 0.00706. The molecular weight excluding hydrogens is 273 g/mol. The third-order valence-electron chi connectivity index (χ3n) is 2.61. The Kier molecular flexibility index (Phi) is 4.10. The standard InChI is InChI=1S/C13H13Cl2NS/c1-8-6-12(17-13(8)15)11(16)7-9-2-4-10(14)5-3-9/h2-6,11H,7,16H2,1H3. The summed E-state index contributed by atoms with van der Waals surface area (Å²) >= 11 is 13.4. The maximum absolute atomic E-state index is 6.17. The number of nitrogens with two attached hydrogens (primary N) is 1. The maximum atomic E-state index is 6.17. The Morgan fingerprint density at radius 2 is 1.88 bits per heavy atom. The van der Waals surface area contributed by atoms with Gasteiger partial charge in [-0.05, 0) is 42.7 Å². The summed E-state index contributed by atoms with van der Waals surface area (Å²) in [6, 6.07) is 9.83. The van der Waals surface area contributed by atoms with Crippen molar-refractivity contribution in [3.05, 3.63) is 55.7 Å². The van der Waals surface area contributed by atoms with E-state index in [4.69, 9.17) is 28.9 Å². The molecule has 0 spiro atoms. The van der Waals surface area contributed by atoms with Gasteiger partial charge in [0.25, 0.3) is 0 Å². The minimum atomic E-state index is -0.00706. The number of hydrogen-bond acceptors (Lipinski definition) is 2. The summed E-state index contributed by atoms with van der Waals surface area (Å²) in [5.41, 5.74) is 8.45. The molecule has 0 fully saturated rings. The molecular formula is C13H13Cl2NS. The average molecular weight is 286 g/mol. The van der Waals surface area contributed by atoms with Gasteiger partial charge in [-0.2, -0.15) is 0 Å². The van der Waals surface area contributed by atoms with E-state index < -0.39 is 0 Å². The average Bonchev–Trinajstić information content (AvgIpc) is 2.63. The first-order valence-electron chi connectivity index (χ1n) is 5.32. The van der Waals surface area contributed by atoms with Crippen molar-refractivity contribution in [3.8, 4) is 0 Å². The van der Waals surface area contributed by atoms with E-state index in [0.29, 0.717) is 0 Å². The Morgan fingerprint density at radius 3 is 2.41 bits per heavy atom. The Bertz CT molecular complexity index is 485. The molecule has 1 aromatic carbocycles. The van der Waals surface area contributed by atoms with Crippen LogP contribution in [0.1, 0.15) is 22.0 Å². The van der Waals surface area contributed by atoms with E-state index in [1.165, 1.54) is 5.56 Å².